The molecule has 0 radical (unpaired) electrons. The lowest BCUT2D eigenvalue weighted by Crippen LogP contribution is -2.17. The lowest BCUT2D eigenvalue weighted by atomic mass is 10.1. The van der Waals surface area contributed by atoms with Crippen LogP contribution in [0.4, 0.5) is 13.2 Å². The Morgan fingerprint density at radius 3 is 2.25 bits per heavy atom. The maximum atomic E-state index is 12.2. The summed E-state index contributed by atoms with van der Waals surface area (Å²) < 4.78 is 41.0. The SMILES string of the molecule is FC(F)(F)Oc1cccc2cccc(Br)c12. The van der Waals surface area contributed by atoms with Gasteiger partial charge < -0.3 is 4.74 Å². The maximum Gasteiger partial charge on any atom is 0.573 e. The van der Waals surface area contributed by atoms with Crippen molar-refractivity contribution in [3.63, 3.8) is 0 Å². The molecule has 0 atom stereocenters. The highest BCUT2D eigenvalue weighted by Gasteiger charge is 2.31. The molecule has 0 heterocycles. The summed E-state index contributed by atoms with van der Waals surface area (Å²) in [5, 5.41) is 1.11. The fourth-order valence-electron chi connectivity index (χ4n) is 1.47. The van der Waals surface area contributed by atoms with Gasteiger partial charge in [0.25, 0.3) is 0 Å². The fourth-order valence-corrected chi connectivity index (χ4v) is 2.05. The molecule has 1 nitrogen and oxygen atoms in total. The van der Waals surface area contributed by atoms with Crippen LogP contribution in [0.25, 0.3) is 10.8 Å². The summed E-state index contributed by atoms with van der Waals surface area (Å²) in [6, 6.07) is 9.69. The number of benzene rings is 2. The number of rotatable bonds is 1. The van der Waals surface area contributed by atoms with Crippen molar-refractivity contribution in [1.82, 2.24) is 0 Å². The Hall–Kier alpha value is -1.23. The number of ether oxygens (including phenoxy) is 1. The molecule has 0 aliphatic carbocycles. The molecule has 2 aromatic carbocycles. The Balaban J connectivity index is 2.61. The van der Waals surface area contributed by atoms with Crippen LogP contribution in [0.2, 0.25) is 0 Å². The first-order chi connectivity index (χ1) is 7.47. The van der Waals surface area contributed by atoms with Gasteiger partial charge in [-0.1, -0.05) is 40.2 Å². The molecule has 5 heteroatoms. The predicted molar refractivity (Wildman–Crippen MR) is 58.3 cm³/mol. The van der Waals surface area contributed by atoms with E-state index in [1.807, 2.05) is 0 Å². The zero-order chi connectivity index (χ0) is 11.8. The number of hydrogen-bond donors (Lipinski definition) is 0. The van der Waals surface area contributed by atoms with Crippen LogP contribution in [0, 0.1) is 0 Å². The van der Waals surface area contributed by atoms with Gasteiger partial charge in [0.15, 0.2) is 0 Å². The van der Waals surface area contributed by atoms with E-state index in [0.717, 1.165) is 0 Å². The first kappa shape index (κ1) is 11.3. The summed E-state index contributed by atoms with van der Waals surface area (Å²) in [5.74, 6) is -0.197. The van der Waals surface area contributed by atoms with Gasteiger partial charge in [-0.2, -0.15) is 0 Å². The van der Waals surface area contributed by atoms with E-state index < -0.39 is 6.36 Å². The van der Waals surface area contributed by atoms with Crippen molar-refractivity contribution in [2.45, 2.75) is 6.36 Å². The minimum absolute atomic E-state index is 0.197. The van der Waals surface area contributed by atoms with E-state index in [4.69, 9.17) is 0 Å². The topological polar surface area (TPSA) is 9.23 Å². The van der Waals surface area contributed by atoms with Crippen molar-refractivity contribution in [1.29, 1.82) is 0 Å². The maximum absolute atomic E-state index is 12.2. The molecule has 0 aromatic heterocycles. The van der Waals surface area contributed by atoms with Crippen LogP contribution >= 0.6 is 15.9 Å². The normalized spacial score (nSPS) is 11.8. The van der Waals surface area contributed by atoms with Crippen LogP contribution in [0.15, 0.2) is 40.9 Å². The average molecular weight is 291 g/mol. The molecule has 0 saturated carbocycles. The van der Waals surface area contributed by atoms with Crippen molar-refractivity contribution in [3.05, 3.63) is 40.9 Å². The minimum Gasteiger partial charge on any atom is -0.405 e. The molecule has 2 rings (SSSR count). The Bertz CT molecular complexity index is 517. The Labute approximate surface area is 98.0 Å². The lowest BCUT2D eigenvalue weighted by Gasteiger charge is -2.12. The molecule has 0 N–H and O–H groups in total. The number of hydrogen-bond acceptors (Lipinski definition) is 1. The van der Waals surface area contributed by atoms with Gasteiger partial charge in [-0.3, -0.25) is 0 Å². The number of halogens is 4. The summed E-state index contributed by atoms with van der Waals surface area (Å²) in [6.07, 6.45) is -4.68. The third-order valence-electron chi connectivity index (χ3n) is 2.04. The number of fused-ring (bicyclic) bond motifs is 1. The minimum atomic E-state index is -4.68. The fraction of sp³-hybridized carbons (Fsp3) is 0.0909. The van der Waals surface area contributed by atoms with Crippen molar-refractivity contribution in [2.75, 3.05) is 0 Å². The molecule has 0 unspecified atom stereocenters. The van der Waals surface area contributed by atoms with Crippen LogP contribution in [0.3, 0.4) is 0 Å². The standard InChI is InChI=1S/C11H6BrF3O/c12-8-5-1-3-7-4-2-6-9(10(7)8)16-11(13,14)15/h1-6H. The van der Waals surface area contributed by atoms with E-state index >= 15 is 0 Å². The van der Waals surface area contributed by atoms with Crippen molar-refractivity contribution < 1.29 is 17.9 Å². The van der Waals surface area contributed by atoms with E-state index in [1.165, 1.54) is 12.1 Å². The average Bonchev–Trinajstić information content (AvgIpc) is 2.15. The zero-order valence-electron chi connectivity index (χ0n) is 7.88. The molecule has 2 aromatic rings. The number of alkyl halides is 3. The summed E-state index contributed by atoms with van der Waals surface area (Å²) in [7, 11) is 0. The molecule has 0 aliphatic rings. The van der Waals surface area contributed by atoms with Crippen LogP contribution < -0.4 is 4.74 Å². The molecule has 0 fully saturated rings. The molecular weight excluding hydrogens is 285 g/mol. The van der Waals surface area contributed by atoms with Crippen LogP contribution in [0.1, 0.15) is 0 Å². The summed E-state index contributed by atoms with van der Waals surface area (Å²) in [6.45, 7) is 0. The summed E-state index contributed by atoms with van der Waals surface area (Å²) in [5.41, 5.74) is 0. The first-order valence-electron chi connectivity index (χ1n) is 4.40. The predicted octanol–water partition coefficient (Wildman–Crippen LogP) is 4.50. The molecule has 16 heavy (non-hydrogen) atoms. The second-order valence-corrected chi connectivity index (χ2v) is 4.00. The van der Waals surface area contributed by atoms with Crippen molar-refractivity contribution in [3.8, 4) is 5.75 Å². The van der Waals surface area contributed by atoms with E-state index in [1.54, 1.807) is 24.3 Å². The van der Waals surface area contributed by atoms with E-state index in [2.05, 4.69) is 20.7 Å². The highest BCUT2D eigenvalue weighted by atomic mass is 79.9. The van der Waals surface area contributed by atoms with Gasteiger partial charge in [-0.25, -0.2) is 0 Å². The van der Waals surface area contributed by atoms with Crippen molar-refractivity contribution in [2.24, 2.45) is 0 Å². The zero-order valence-corrected chi connectivity index (χ0v) is 9.47. The molecule has 0 saturated heterocycles. The molecule has 0 amide bonds. The van der Waals surface area contributed by atoms with Gasteiger partial charge in [0.1, 0.15) is 5.75 Å². The van der Waals surface area contributed by atoms with Gasteiger partial charge in [-0.15, -0.1) is 13.2 Å². The van der Waals surface area contributed by atoms with Gasteiger partial charge in [0, 0.05) is 9.86 Å². The van der Waals surface area contributed by atoms with E-state index in [9.17, 15) is 13.2 Å². The van der Waals surface area contributed by atoms with Gasteiger partial charge >= 0.3 is 6.36 Å². The Morgan fingerprint density at radius 2 is 1.62 bits per heavy atom. The molecule has 0 aliphatic heterocycles. The third-order valence-corrected chi connectivity index (χ3v) is 2.70. The second-order valence-electron chi connectivity index (χ2n) is 3.14. The van der Waals surface area contributed by atoms with Gasteiger partial charge in [-0.05, 0) is 17.5 Å². The quantitative estimate of drug-likeness (QED) is 0.751. The van der Waals surface area contributed by atoms with Crippen LogP contribution in [-0.4, -0.2) is 6.36 Å². The highest BCUT2D eigenvalue weighted by Crippen LogP contribution is 2.35. The van der Waals surface area contributed by atoms with Crippen LogP contribution in [0.5, 0.6) is 5.75 Å². The summed E-state index contributed by atoms with van der Waals surface area (Å²) >= 11 is 3.21. The monoisotopic (exact) mass is 290 g/mol. The third kappa shape index (κ3) is 2.29. The lowest BCUT2D eigenvalue weighted by molar-refractivity contribution is -0.274. The molecule has 0 spiro atoms. The largest absolute Gasteiger partial charge is 0.573 e. The Morgan fingerprint density at radius 1 is 1.00 bits per heavy atom. The van der Waals surface area contributed by atoms with Crippen LogP contribution in [-0.2, 0) is 0 Å². The highest BCUT2D eigenvalue weighted by molar-refractivity contribution is 9.10. The van der Waals surface area contributed by atoms with Gasteiger partial charge in [0.05, 0.1) is 0 Å². The molecular formula is C11H6BrF3O. The molecule has 0 bridgehead atoms. The second kappa shape index (κ2) is 3.97. The Kier molecular flexibility index (Phi) is 2.80. The van der Waals surface area contributed by atoms with Gasteiger partial charge in [0.2, 0.25) is 0 Å². The molecule has 84 valence electrons. The summed E-state index contributed by atoms with van der Waals surface area (Å²) in [4.78, 5) is 0. The first-order valence-corrected chi connectivity index (χ1v) is 5.20. The smallest absolute Gasteiger partial charge is 0.405 e. The van der Waals surface area contributed by atoms with E-state index in [0.29, 0.717) is 15.2 Å². The van der Waals surface area contributed by atoms with Crippen molar-refractivity contribution >= 4 is 26.7 Å². The van der Waals surface area contributed by atoms with E-state index in [-0.39, 0.29) is 5.75 Å².